The van der Waals surface area contributed by atoms with E-state index in [0.29, 0.717) is 5.56 Å². The summed E-state index contributed by atoms with van der Waals surface area (Å²) in [5, 5.41) is 1.93. The second kappa shape index (κ2) is 6.24. The molecule has 2 saturated heterocycles. The number of rotatable bonds is 3. The van der Waals surface area contributed by atoms with E-state index in [9.17, 15) is 4.79 Å². The number of carbonyl (C=O) groups excluding carboxylic acids is 1. The van der Waals surface area contributed by atoms with Gasteiger partial charge in [0.2, 0.25) is 0 Å². The van der Waals surface area contributed by atoms with Gasteiger partial charge in [-0.15, -0.1) is 5.06 Å². The summed E-state index contributed by atoms with van der Waals surface area (Å²) in [6.07, 6.45) is 6.81. The van der Waals surface area contributed by atoms with Crippen LogP contribution in [0.5, 0.6) is 0 Å². The largest absolute Gasteiger partial charge is 0.368 e. The van der Waals surface area contributed by atoms with Crippen LogP contribution in [0.3, 0.4) is 0 Å². The fourth-order valence-corrected chi connectivity index (χ4v) is 3.81. The second-order valence-corrected chi connectivity index (χ2v) is 6.56. The Morgan fingerprint density at radius 2 is 1.96 bits per heavy atom. The predicted octanol–water partition coefficient (Wildman–Crippen LogP) is 2.90. The van der Waals surface area contributed by atoms with E-state index in [1.807, 2.05) is 35.5 Å². The smallest absolute Gasteiger partial charge is 0.357 e. The number of benzene rings is 1. The Bertz CT molecular complexity index is 707. The molecule has 2 aliphatic heterocycles. The Morgan fingerprint density at radius 3 is 2.75 bits per heavy atom. The van der Waals surface area contributed by atoms with Crippen molar-refractivity contribution in [2.24, 2.45) is 0 Å². The Hall–Kier alpha value is -2.40. The first-order valence-electron chi connectivity index (χ1n) is 8.47. The lowest BCUT2D eigenvalue weighted by Crippen LogP contribution is -2.47. The Labute approximate surface area is 141 Å². The van der Waals surface area contributed by atoms with Gasteiger partial charge in [0.1, 0.15) is 0 Å². The standard InChI is InChI=1S/C19H21N3O2/c23-18(16-6-2-1-3-7-16)24-22-12-5-9-19(22)10-13-21(15-19)17-8-4-11-20-14-17/h1-4,6-8,11,14H,5,9-10,12-13,15H2/t19-/m1/s1. The number of hydrogen-bond acceptors (Lipinski definition) is 5. The zero-order valence-corrected chi connectivity index (χ0v) is 13.6. The zero-order chi connectivity index (χ0) is 16.4. The number of hydroxylamine groups is 2. The molecule has 0 unspecified atom stereocenters. The maximum absolute atomic E-state index is 12.4. The van der Waals surface area contributed by atoms with E-state index in [1.165, 1.54) is 0 Å². The fraction of sp³-hybridized carbons (Fsp3) is 0.368. The molecule has 0 aliphatic carbocycles. The molecule has 0 N–H and O–H groups in total. The summed E-state index contributed by atoms with van der Waals surface area (Å²) in [7, 11) is 0. The normalized spacial score (nSPS) is 23.8. The molecule has 0 saturated carbocycles. The van der Waals surface area contributed by atoms with Gasteiger partial charge in [0, 0.05) is 25.8 Å². The minimum Gasteiger partial charge on any atom is -0.368 e. The summed E-state index contributed by atoms with van der Waals surface area (Å²) in [5.41, 5.74) is 1.66. The van der Waals surface area contributed by atoms with E-state index in [-0.39, 0.29) is 11.5 Å². The molecule has 3 heterocycles. The maximum Gasteiger partial charge on any atom is 0.357 e. The molecule has 0 amide bonds. The number of pyridine rings is 1. The van der Waals surface area contributed by atoms with Crippen molar-refractivity contribution in [3.63, 3.8) is 0 Å². The molecule has 0 radical (unpaired) electrons. The minimum absolute atomic E-state index is 0.0692. The van der Waals surface area contributed by atoms with Crippen molar-refractivity contribution in [1.82, 2.24) is 10.0 Å². The number of nitrogens with zero attached hydrogens (tertiary/aromatic N) is 3. The highest BCUT2D eigenvalue weighted by Crippen LogP contribution is 2.39. The summed E-state index contributed by atoms with van der Waals surface area (Å²) in [6.45, 7) is 2.64. The fourth-order valence-electron chi connectivity index (χ4n) is 3.81. The van der Waals surface area contributed by atoms with E-state index in [4.69, 9.17) is 4.84 Å². The van der Waals surface area contributed by atoms with Gasteiger partial charge in [0.25, 0.3) is 0 Å². The lowest BCUT2D eigenvalue weighted by Gasteiger charge is -2.33. The van der Waals surface area contributed by atoms with Gasteiger partial charge in [-0.2, -0.15) is 0 Å². The van der Waals surface area contributed by atoms with Gasteiger partial charge in [-0.3, -0.25) is 4.98 Å². The molecule has 1 aromatic carbocycles. The quantitative estimate of drug-likeness (QED) is 0.869. The third-order valence-electron chi connectivity index (χ3n) is 5.08. The van der Waals surface area contributed by atoms with E-state index in [1.54, 1.807) is 18.3 Å². The van der Waals surface area contributed by atoms with Gasteiger partial charge < -0.3 is 9.74 Å². The van der Waals surface area contributed by atoms with Crippen LogP contribution in [0.15, 0.2) is 54.9 Å². The third-order valence-corrected chi connectivity index (χ3v) is 5.08. The molecular formula is C19H21N3O2. The molecule has 1 aromatic heterocycles. The van der Waals surface area contributed by atoms with Crippen molar-refractivity contribution in [1.29, 1.82) is 0 Å². The van der Waals surface area contributed by atoms with Gasteiger partial charge in [-0.25, -0.2) is 4.79 Å². The zero-order valence-electron chi connectivity index (χ0n) is 13.6. The molecule has 5 nitrogen and oxygen atoms in total. The Kier molecular flexibility index (Phi) is 3.94. The van der Waals surface area contributed by atoms with Gasteiger partial charge in [-0.05, 0) is 43.5 Å². The number of aromatic nitrogens is 1. The van der Waals surface area contributed by atoms with Crippen LogP contribution in [0.1, 0.15) is 29.6 Å². The van der Waals surface area contributed by atoms with E-state index >= 15 is 0 Å². The molecule has 4 rings (SSSR count). The van der Waals surface area contributed by atoms with Crippen LogP contribution in [-0.4, -0.2) is 41.2 Å². The molecule has 5 heteroatoms. The van der Waals surface area contributed by atoms with Crippen LogP contribution in [0.4, 0.5) is 5.69 Å². The Morgan fingerprint density at radius 1 is 1.08 bits per heavy atom. The van der Waals surface area contributed by atoms with Crippen molar-refractivity contribution in [3.8, 4) is 0 Å². The molecule has 2 aromatic rings. The lowest BCUT2D eigenvalue weighted by atomic mass is 9.96. The first-order valence-corrected chi connectivity index (χ1v) is 8.47. The highest BCUT2D eigenvalue weighted by atomic mass is 16.7. The summed E-state index contributed by atoms with van der Waals surface area (Å²) in [6, 6.07) is 13.2. The minimum atomic E-state index is -0.267. The highest BCUT2D eigenvalue weighted by molar-refractivity contribution is 5.89. The molecule has 24 heavy (non-hydrogen) atoms. The first-order chi connectivity index (χ1) is 11.8. The van der Waals surface area contributed by atoms with Crippen molar-refractivity contribution >= 4 is 11.7 Å². The van der Waals surface area contributed by atoms with E-state index in [0.717, 1.165) is 44.6 Å². The average molecular weight is 323 g/mol. The summed E-state index contributed by atoms with van der Waals surface area (Å²) >= 11 is 0. The molecule has 124 valence electrons. The highest BCUT2D eigenvalue weighted by Gasteiger charge is 2.48. The monoisotopic (exact) mass is 323 g/mol. The molecule has 1 spiro atoms. The van der Waals surface area contributed by atoms with Gasteiger partial charge in [0.05, 0.1) is 23.0 Å². The number of carbonyl (C=O) groups is 1. The van der Waals surface area contributed by atoms with E-state index in [2.05, 4.69) is 16.0 Å². The van der Waals surface area contributed by atoms with Crippen molar-refractivity contribution < 1.29 is 9.63 Å². The summed E-state index contributed by atoms with van der Waals surface area (Å²) < 4.78 is 0. The van der Waals surface area contributed by atoms with Crippen molar-refractivity contribution in [2.45, 2.75) is 24.8 Å². The number of anilines is 1. The van der Waals surface area contributed by atoms with Gasteiger partial charge in [-0.1, -0.05) is 18.2 Å². The van der Waals surface area contributed by atoms with E-state index < -0.39 is 0 Å². The van der Waals surface area contributed by atoms with Gasteiger partial charge >= 0.3 is 5.97 Å². The Balaban J connectivity index is 1.48. The van der Waals surface area contributed by atoms with Crippen LogP contribution in [0.25, 0.3) is 0 Å². The van der Waals surface area contributed by atoms with Crippen LogP contribution >= 0.6 is 0 Å². The SMILES string of the molecule is O=C(ON1CCC[C@]12CCN(c1cccnc1)C2)c1ccccc1. The van der Waals surface area contributed by atoms with Crippen molar-refractivity contribution in [3.05, 3.63) is 60.4 Å². The van der Waals surface area contributed by atoms with Crippen LogP contribution in [0.2, 0.25) is 0 Å². The van der Waals surface area contributed by atoms with Crippen LogP contribution in [-0.2, 0) is 4.84 Å². The van der Waals surface area contributed by atoms with Gasteiger partial charge in [0.15, 0.2) is 0 Å². The second-order valence-electron chi connectivity index (χ2n) is 6.56. The van der Waals surface area contributed by atoms with Crippen LogP contribution in [0, 0.1) is 0 Å². The number of hydrogen-bond donors (Lipinski definition) is 0. The molecular weight excluding hydrogens is 302 g/mol. The van der Waals surface area contributed by atoms with Crippen molar-refractivity contribution in [2.75, 3.05) is 24.5 Å². The summed E-state index contributed by atoms with van der Waals surface area (Å²) in [4.78, 5) is 24.7. The topological polar surface area (TPSA) is 45.7 Å². The third kappa shape index (κ3) is 2.76. The molecule has 1 atom stereocenters. The molecule has 2 aliphatic rings. The maximum atomic E-state index is 12.4. The predicted molar refractivity (Wildman–Crippen MR) is 91.6 cm³/mol. The molecule has 0 bridgehead atoms. The average Bonchev–Trinajstić information content (AvgIpc) is 3.24. The van der Waals surface area contributed by atoms with Crippen LogP contribution < -0.4 is 4.90 Å². The first kappa shape index (κ1) is 15.1. The lowest BCUT2D eigenvalue weighted by molar-refractivity contribution is -0.150. The summed E-state index contributed by atoms with van der Waals surface area (Å²) in [5.74, 6) is -0.267. The molecule has 2 fully saturated rings.